The zero-order chi connectivity index (χ0) is 16.0. The van der Waals surface area contributed by atoms with Crippen LogP contribution in [0.5, 0.6) is 0 Å². The predicted octanol–water partition coefficient (Wildman–Crippen LogP) is 6.41. The first-order valence-corrected chi connectivity index (χ1v) is 9.74. The fourth-order valence-corrected chi connectivity index (χ4v) is 3.18. The minimum Gasteiger partial charge on any atom is -0.200 e. The number of hydrogen-bond acceptors (Lipinski definition) is 0. The monoisotopic (exact) mass is 304 g/mol. The summed E-state index contributed by atoms with van der Waals surface area (Å²) < 4.78 is 2.41. The Bertz CT molecular complexity index is 370. The molecule has 22 heavy (non-hydrogen) atoms. The van der Waals surface area contributed by atoms with Crippen LogP contribution in [0.25, 0.3) is 0 Å². The van der Waals surface area contributed by atoms with Crippen molar-refractivity contribution in [3.63, 3.8) is 0 Å². The van der Waals surface area contributed by atoms with Crippen LogP contribution in [0, 0.1) is 0 Å². The SMILES string of the molecule is CCCCCCCCCCCCCc1cccc[n+]1C(C)C. The lowest BCUT2D eigenvalue weighted by atomic mass is 10.0. The number of aromatic nitrogens is 1. The van der Waals surface area contributed by atoms with Crippen LogP contribution in [0.4, 0.5) is 0 Å². The molecule has 0 bridgehead atoms. The highest BCUT2D eigenvalue weighted by molar-refractivity contribution is 4.97. The van der Waals surface area contributed by atoms with Gasteiger partial charge in [0.05, 0.1) is 0 Å². The number of nitrogens with zero attached hydrogens (tertiary/aromatic N) is 1. The lowest BCUT2D eigenvalue weighted by Gasteiger charge is -2.06. The molecule has 0 fully saturated rings. The summed E-state index contributed by atoms with van der Waals surface area (Å²) >= 11 is 0. The zero-order valence-corrected chi connectivity index (χ0v) is 15.3. The molecule has 0 N–H and O–H groups in total. The van der Waals surface area contributed by atoms with Crippen molar-refractivity contribution in [2.45, 2.75) is 104 Å². The Labute approximate surface area is 139 Å². The van der Waals surface area contributed by atoms with Gasteiger partial charge in [-0.25, -0.2) is 4.57 Å². The van der Waals surface area contributed by atoms with E-state index in [4.69, 9.17) is 0 Å². The molecule has 0 aliphatic carbocycles. The third-order valence-electron chi connectivity index (χ3n) is 4.57. The van der Waals surface area contributed by atoms with Crippen molar-refractivity contribution in [3.05, 3.63) is 30.1 Å². The quantitative estimate of drug-likeness (QED) is 0.293. The third kappa shape index (κ3) is 8.56. The van der Waals surface area contributed by atoms with Crippen LogP contribution >= 0.6 is 0 Å². The van der Waals surface area contributed by atoms with Crippen LogP contribution in [-0.2, 0) is 6.42 Å². The van der Waals surface area contributed by atoms with Gasteiger partial charge in [-0.05, 0) is 20.3 Å². The summed E-state index contributed by atoms with van der Waals surface area (Å²) in [6, 6.07) is 7.18. The Hall–Kier alpha value is -0.850. The van der Waals surface area contributed by atoms with E-state index in [0.717, 1.165) is 0 Å². The molecule has 0 aromatic carbocycles. The Balaban J connectivity index is 2.00. The smallest absolute Gasteiger partial charge is 0.181 e. The van der Waals surface area contributed by atoms with Crippen LogP contribution in [0.15, 0.2) is 24.4 Å². The topological polar surface area (TPSA) is 3.88 Å². The molecule has 0 amide bonds. The van der Waals surface area contributed by atoms with Crippen LogP contribution in [0.3, 0.4) is 0 Å². The predicted molar refractivity (Wildman–Crippen MR) is 97.2 cm³/mol. The van der Waals surface area contributed by atoms with Gasteiger partial charge < -0.3 is 0 Å². The van der Waals surface area contributed by atoms with E-state index < -0.39 is 0 Å². The highest BCUT2D eigenvalue weighted by Gasteiger charge is 2.11. The number of hydrogen-bond donors (Lipinski definition) is 0. The zero-order valence-electron chi connectivity index (χ0n) is 15.3. The Morgan fingerprint density at radius 2 is 1.32 bits per heavy atom. The van der Waals surface area contributed by atoms with Crippen LogP contribution < -0.4 is 4.57 Å². The lowest BCUT2D eigenvalue weighted by molar-refractivity contribution is -0.723. The van der Waals surface area contributed by atoms with Gasteiger partial charge >= 0.3 is 0 Å². The summed E-state index contributed by atoms with van der Waals surface area (Å²) in [6.07, 6.45) is 19.1. The summed E-state index contributed by atoms with van der Waals surface area (Å²) in [6.45, 7) is 6.83. The van der Waals surface area contributed by atoms with Crippen LogP contribution in [0.1, 0.15) is 103 Å². The van der Waals surface area contributed by atoms with Crippen molar-refractivity contribution < 1.29 is 4.57 Å². The molecule has 1 nitrogen and oxygen atoms in total. The van der Waals surface area contributed by atoms with Crippen molar-refractivity contribution >= 4 is 0 Å². The molecule has 0 atom stereocenters. The molecule has 0 unspecified atom stereocenters. The molecule has 1 heterocycles. The van der Waals surface area contributed by atoms with Crippen molar-refractivity contribution in [1.82, 2.24) is 0 Å². The maximum atomic E-state index is 2.41. The fraction of sp³-hybridized carbons (Fsp3) is 0.762. The van der Waals surface area contributed by atoms with E-state index in [1.807, 2.05) is 0 Å². The van der Waals surface area contributed by atoms with E-state index in [2.05, 4.69) is 49.7 Å². The molecular formula is C21H38N+. The van der Waals surface area contributed by atoms with E-state index in [0.29, 0.717) is 6.04 Å². The van der Waals surface area contributed by atoms with Crippen molar-refractivity contribution in [2.24, 2.45) is 0 Å². The molecule has 1 aromatic heterocycles. The van der Waals surface area contributed by atoms with Gasteiger partial charge in [0.2, 0.25) is 0 Å². The molecule has 1 heteroatoms. The number of unbranched alkanes of at least 4 members (excludes halogenated alkanes) is 10. The summed E-state index contributed by atoms with van der Waals surface area (Å²) in [4.78, 5) is 0. The van der Waals surface area contributed by atoms with E-state index in [1.54, 1.807) is 0 Å². The average molecular weight is 305 g/mol. The molecule has 0 aliphatic rings. The highest BCUT2D eigenvalue weighted by Crippen LogP contribution is 2.12. The van der Waals surface area contributed by atoms with Crippen molar-refractivity contribution in [1.29, 1.82) is 0 Å². The second-order valence-corrected chi connectivity index (χ2v) is 6.98. The van der Waals surface area contributed by atoms with E-state index in [-0.39, 0.29) is 0 Å². The summed E-state index contributed by atoms with van der Waals surface area (Å²) in [5.74, 6) is 0. The number of rotatable bonds is 13. The highest BCUT2D eigenvalue weighted by atomic mass is 15.0. The first kappa shape index (κ1) is 19.2. The Morgan fingerprint density at radius 3 is 1.86 bits per heavy atom. The maximum Gasteiger partial charge on any atom is 0.181 e. The summed E-state index contributed by atoms with van der Waals surface area (Å²) in [5.41, 5.74) is 1.49. The lowest BCUT2D eigenvalue weighted by Crippen LogP contribution is -2.40. The molecular weight excluding hydrogens is 266 g/mol. The summed E-state index contributed by atoms with van der Waals surface area (Å²) in [5, 5.41) is 0. The standard InChI is InChI=1S/C21H38N/c1-4-5-6-7-8-9-10-11-12-13-14-17-21-18-15-16-19-22(21)20(2)3/h15-16,18-20H,4-14,17H2,1-3H3/q+1. The molecule has 1 aromatic rings. The molecule has 0 radical (unpaired) electrons. The Kier molecular flexibility index (Phi) is 11.1. The number of pyridine rings is 1. The maximum absolute atomic E-state index is 2.41. The van der Waals surface area contributed by atoms with Gasteiger partial charge in [0.15, 0.2) is 17.9 Å². The Morgan fingerprint density at radius 1 is 0.773 bits per heavy atom. The van der Waals surface area contributed by atoms with E-state index in [9.17, 15) is 0 Å². The largest absolute Gasteiger partial charge is 0.200 e. The van der Waals surface area contributed by atoms with Gasteiger partial charge in [-0.1, -0.05) is 77.2 Å². The van der Waals surface area contributed by atoms with Gasteiger partial charge in [0.25, 0.3) is 0 Å². The molecule has 0 saturated heterocycles. The number of aryl methyl sites for hydroxylation is 1. The van der Waals surface area contributed by atoms with Crippen LogP contribution in [-0.4, -0.2) is 0 Å². The molecule has 126 valence electrons. The molecule has 0 aliphatic heterocycles. The van der Waals surface area contributed by atoms with Gasteiger partial charge in [-0.2, -0.15) is 0 Å². The van der Waals surface area contributed by atoms with E-state index in [1.165, 1.54) is 82.7 Å². The minimum atomic E-state index is 0.573. The molecule has 1 rings (SSSR count). The van der Waals surface area contributed by atoms with Crippen LogP contribution in [0.2, 0.25) is 0 Å². The van der Waals surface area contributed by atoms with Gasteiger partial charge in [0.1, 0.15) is 0 Å². The first-order valence-electron chi connectivity index (χ1n) is 9.74. The van der Waals surface area contributed by atoms with Gasteiger partial charge in [0, 0.05) is 18.6 Å². The van der Waals surface area contributed by atoms with Gasteiger partial charge in [-0.15, -0.1) is 0 Å². The first-order chi connectivity index (χ1) is 10.8. The second-order valence-electron chi connectivity index (χ2n) is 6.98. The van der Waals surface area contributed by atoms with Crippen molar-refractivity contribution in [3.8, 4) is 0 Å². The molecule has 0 saturated carbocycles. The average Bonchev–Trinajstić information content (AvgIpc) is 2.53. The van der Waals surface area contributed by atoms with E-state index >= 15 is 0 Å². The molecule has 0 spiro atoms. The van der Waals surface area contributed by atoms with Gasteiger partial charge in [-0.3, -0.25) is 0 Å². The summed E-state index contributed by atoms with van der Waals surface area (Å²) in [7, 11) is 0. The third-order valence-corrected chi connectivity index (χ3v) is 4.57. The fourth-order valence-electron chi connectivity index (χ4n) is 3.18. The normalized spacial score (nSPS) is 11.3. The van der Waals surface area contributed by atoms with Crippen molar-refractivity contribution in [2.75, 3.05) is 0 Å². The second kappa shape index (κ2) is 12.7. The minimum absolute atomic E-state index is 0.573.